The first-order valence-corrected chi connectivity index (χ1v) is 7.36. The molecule has 0 radical (unpaired) electrons. The third-order valence-corrected chi connectivity index (χ3v) is 4.13. The zero-order valence-corrected chi connectivity index (χ0v) is 11.9. The highest BCUT2D eigenvalue weighted by molar-refractivity contribution is 7.92. The Bertz CT molecular complexity index is 803. The Morgan fingerprint density at radius 3 is 2.57 bits per heavy atom. The monoisotopic (exact) mass is 307 g/mol. The highest BCUT2D eigenvalue weighted by Gasteiger charge is 2.19. The number of hydrogen-bond donors (Lipinski definition) is 3. The molecule has 0 unspecified atom stereocenters. The number of pyridine rings is 1. The van der Waals surface area contributed by atoms with E-state index in [4.69, 9.17) is 10.8 Å². The van der Waals surface area contributed by atoms with Crippen molar-refractivity contribution in [3.63, 3.8) is 0 Å². The summed E-state index contributed by atoms with van der Waals surface area (Å²) < 4.78 is 26.8. The van der Waals surface area contributed by atoms with Crippen molar-refractivity contribution in [1.82, 2.24) is 4.98 Å². The van der Waals surface area contributed by atoms with E-state index in [0.717, 1.165) is 17.7 Å². The molecule has 7 nitrogen and oxygen atoms in total. The number of anilines is 2. The maximum absolute atomic E-state index is 12.2. The van der Waals surface area contributed by atoms with Crippen LogP contribution in [0.1, 0.15) is 15.9 Å². The van der Waals surface area contributed by atoms with Crippen LogP contribution >= 0.6 is 0 Å². The first kappa shape index (κ1) is 14.8. The highest BCUT2D eigenvalue weighted by Crippen LogP contribution is 2.22. The van der Waals surface area contributed by atoms with Crippen molar-refractivity contribution in [2.75, 3.05) is 10.5 Å². The molecule has 0 bridgehead atoms. The maximum atomic E-state index is 12.2. The lowest BCUT2D eigenvalue weighted by Gasteiger charge is -2.10. The van der Waals surface area contributed by atoms with Gasteiger partial charge in [0.05, 0.1) is 11.3 Å². The Morgan fingerprint density at radius 2 is 2.00 bits per heavy atom. The molecule has 21 heavy (non-hydrogen) atoms. The summed E-state index contributed by atoms with van der Waals surface area (Å²) in [6.07, 6.45) is 1.48. The van der Waals surface area contributed by atoms with Gasteiger partial charge in [-0.3, -0.25) is 4.72 Å². The molecular formula is C13H13N3O4S. The summed E-state index contributed by atoms with van der Waals surface area (Å²) in [7, 11) is -3.93. The number of sulfonamides is 1. The molecule has 0 atom stereocenters. The van der Waals surface area contributed by atoms with Crippen molar-refractivity contribution in [2.45, 2.75) is 11.8 Å². The second kappa shape index (κ2) is 5.41. The van der Waals surface area contributed by atoms with E-state index in [1.165, 1.54) is 12.3 Å². The summed E-state index contributed by atoms with van der Waals surface area (Å²) in [6.45, 7) is 1.80. The van der Waals surface area contributed by atoms with Gasteiger partial charge in [-0.05, 0) is 42.8 Å². The van der Waals surface area contributed by atoms with Gasteiger partial charge in [-0.1, -0.05) is 0 Å². The molecule has 0 fully saturated rings. The van der Waals surface area contributed by atoms with Gasteiger partial charge in [0.2, 0.25) is 0 Å². The molecule has 0 saturated carbocycles. The standard InChI is InChI=1S/C13H13N3O4S/c1-8-4-5-15-12(6-8)16-21(19,20)11-3-2-9(13(17)18)7-10(11)14/h2-7H,14H2,1H3,(H,15,16)(H,17,18). The van der Waals surface area contributed by atoms with Crippen molar-refractivity contribution in [1.29, 1.82) is 0 Å². The van der Waals surface area contributed by atoms with Crippen LogP contribution in [-0.2, 0) is 10.0 Å². The second-order valence-electron chi connectivity index (χ2n) is 4.38. The van der Waals surface area contributed by atoms with E-state index in [-0.39, 0.29) is 22.0 Å². The zero-order chi connectivity index (χ0) is 15.6. The number of aryl methyl sites for hydroxylation is 1. The van der Waals surface area contributed by atoms with E-state index < -0.39 is 16.0 Å². The second-order valence-corrected chi connectivity index (χ2v) is 6.03. The lowest BCUT2D eigenvalue weighted by atomic mass is 10.2. The molecule has 8 heteroatoms. The Kier molecular flexibility index (Phi) is 3.81. The van der Waals surface area contributed by atoms with Crippen LogP contribution in [-0.4, -0.2) is 24.5 Å². The van der Waals surface area contributed by atoms with Crippen LogP contribution in [0.5, 0.6) is 0 Å². The van der Waals surface area contributed by atoms with E-state index in [2.05, 4.69) is 9.71 Å². The molecule has 110 valence electrons. The number of aromatic carboxylic acids is 1. The number of benzene rings is 1. The van der Waals surface area contributed by atoms with E-state index in [1.54, 1.807) is 19.1 Å². The topological polar surface area (TPSA) is 122 Å². The van der Waals surface area contributed by atoms with Crippen LogP contribution in [0.25, 0.3) is 0 Å². The highest BCUT2D eigenvalue weighted by atomic mass is 32.2. The summed E-state index contributed by atoms with van der Waals surface area (Å²) >= 11 is 0. The molecule has 2 rings (SSSR count). The third-order valence-electron chi connectivity index (χ3n) is 2.70. The van der Waals surface area contributed by atoms with Crippen LogP contribution in [0.4, 0.5) is 11.5 Å². The largest absolute Gasteiger partial charge is 0.478 e. The Hall–Kier alpha value is -2.61. The number of hydrogen-bond acceptors (Lipinski definition) is 5. The molecule has 1 heterocycles. The number of aromatic nitrogens is 1. The van der Waals surface area contributed by atoms with Crippen molar-refractivity contribution in [3.05, 3.63) is 47.7 Å². The number of nitrogens with zero attached hydrogens (tertiary/aromatic N) is 1. The minimum Gasteiger partial charge on any atom is -0.478 e. The molecule has 4 N–H and O–H groups in total. The van der Waals surface area contributed by atoms with Crippen LogP contribution in [0.3, 0.4) is 0 Å². The van der Waals surface area contributed by atoms with Gasteiger partial charge in [0, 0.05) is 6.20 Å². The van der Waals surface area contributed by atoms with Gasteiger partial charge < -0.3 is 10.8 Å². The third kappa shape index (κ3) is 3.29. The van der Waals surface area contributed by atoms with Crippen molar-refractivity contribution >= 4 is 27.5 Å². The summed E-state index contributed by atoms with van der Waals surface area (Å²) in [4.78, 5) is 14.5. The number of carboxylic acid groups (broad SMARTS) is 1. The molecule has 1 aromatic heterocycles. The van der Waals surface area contributed by atoms with Crippen LogP contribution in [0.15, 0.2) is 41.4 Å². The predicted molar refractivity (Wildman–Crippen MR) is 77.6 cm³/mol. The number of nitrogens with one attached hydrogen (secondary N) is 1. The lowest BCUT2D eigenvalue weighted by molar-refractivity contribution is 0.0697. The smallest absolute Gasteiger partial charge is 0.335 e. The van der Waals surface area contributed by atoms with Gasteiger partial charge in [0.15, 0.2) is 0 Å². The summed E-state index contributed by atoms with van der Waals surface area (Å²) in [5.41, 5.74) is 6.24. The molecule has 0 aliphatic heterocycles. The quantitative estimate of drug-likeness (QED) is 0.735. The number of rotatable bonds is 4. The Morgan fingerprint density at radius 1 is 1.29 bits per heavy atom. The van der Waals surface area contributed by atoms with Gasteiger partial charge in [0.1, 0.15) is 10.7 Å². The van der Waals surface area contributed by atoms with Gasteiger partial charge >= 0.3 is 5.97 Å². The van der Waals surface area contributed by atoms with E-state index >= 15 is 0 Å². The summed E-state index contributed by atoms with van der Waals surface area (Å²) in [5, 5.41) is 8.84. The van der Waals surface area contributed by atoms with Crippen molar-refractivity contribution < 1.29 is 18.3 Å². The predicted octanol–water partition coefficient (Wildman–Crippen LogP) is 1.47. The van der Waals surface area contributed by atoms with Crippen molar-refractivity contribution in [2.24, 2.45) is 0 Å². The summed E-state index contributed by atoms with van der Waals surface area (Å²) in [6, 6.07) is 6.72. The number of carbonyl (C=O) groups is 1. The van der Waals surface area contributed by atoms with Gasteiger partial charge in [-0.2, -0.15) is 0 Å². The molecule has 0 aliphatic rings. The average Bonchev–Trinajstić information content (AvgIpc) is 2.37. The SMILES string of the molecule is Cc1ccnc(NS(=O)(=O)c2ccc(C(=O)O)cc2N)c1. The fourth-order valence-electron chi connectivity index (χ4n) is 1.71. The Balaban J connectivity index is 2.38. The fraction of sp³-hybridized carbons (Fsp3) is 0.0769. The van der Waals surface area contributed by atoms with Crippen LogP contribution < -0.4 is 10.5 Å². The number of nitrogens with two attached hydrogens (primary N) is 1. The maximum Gasteiger partial charge on any atom is 0.335 e. The molecule has 0 aliphatic carbocycles. The minimum atomic E-state index is -3.93. The van der Waals surface area contributed by atoms with Crippen molar-refractivity contribution in [3.8, 4) is 0 Å². The number of carboxylic acids is 1. The van der Waals surface area contributed by atoms with Gasteiger partial charge in [-0.15, -0.1) is 0 Å². The van der Waals surface area contributed by atoms with E-state index in [9.17, 15) is 13.2 Å². The normalized spacial score (nSPS) is 11.1. The van der Waals surface area contributed by atoms with Crippen LogP contribution in [0.2, 0.25) is 0 Å². The molecular weight excluding hydrogens is 294 g/mol. The van der Waals surface area contributed by atoms with Crippen LogP contribution in [0, 0.1) is 6.92 Å². The van der Waals surface area contributed by atoms with E-state index in [0.29, 0.717) is 0 Å². The van der Waals surface area contributed by atoms with E-state index in [1.807, 2.05) is 0 Å². The minimum absolute atomic E-state index is 0.0832. The fourth-order valence-corrected chi connectivity index (χ4v) is 2.82. The van der Waals surface area contributed by atoms with Gasteiger partial charge in [0.25, 0.3) is 10.0 Å². The molecule has 1 aromatic carbocycles. The Labute approximate surface area is 121 Å². The molecule has 0 spiro atoms. The van der Waals surface area contributed by atoms with Gasteiger partial charge in [-0.25, -0.2) is 18.2 Å². The lowest BCUT2D eigenvalue weighted by Crippen LogP contribution is -2.16. The molecule has 0 saturated heterocycles. The summed E-state index contributed by atoms with van der Waals surface area (Å²) in [5.74, 6) is -1.02. The average molecular weight is 307 g/mol. The zero-order valence-electron chi connectivity index (χ0n) is 11.1. The first-order valence-electron chi connectivity index (χ1n) is 5.88. The number of nitrogen functional groups attached to an aromatic ring is 1. The first-order chi connectivity index (χ1) is 9.79. The molecule has 0 amide bonds. The molecule has 2 aromatic rings.